The van der Waals surface area contributed by atoms with Gasteiger partial charge in [-0.2, -0.15) is 0 Å². The molecule has 0 saturated heterocycles. The molecule has 120 valence electrons. The fourth-order valence-corrected chi connectivity index (χ4v) is 2.43. The summed E-state index contributed by atoms with van der Waals surface area (Å²) >= 11 is 3.41. The maximum absolute atomic E-state index is 11.9. The summed E-state index contributed by atoms with van der Waals surface area (Å²) in [7, 11) is 0. The molecule has 0 radical (unpaired) electrons. The molecule has 0 unspecified atom stereocenters. The highest BCUT2D eigenvalue weighted by atomic mass is 79.9. The number of hydrogen-bond donors (Lipinski definition) is 2. The number of aryl methyl sites for hydroxylation is 1. The van der Waals surface area contributed by atoms with Crippen LogP contribution in [0.4, 0.5) is 5.69 Å². The zero-order valence-electron chi connectivity index (χ0n) is 12.6. The Morgan fingerprint density at radius 3 is 2.48 bits per heavy atom. The number of carbonyl (C=O) groups excluding carboxylic acids is 2. The molecule has 2 aromatic carbocycles. The summed E-state index contributed by atoms with van der Waals surface area (Å²) < 4.78 is 6.54. The van der Waals surface area contributed by atoms with Crippen molar-refractivity contribution in [2.24, 2.45) is 5.73 Å². The van der Waals surface area contributed by atoms with Gasteiger partial charge >= 0.3 is 0 Å². The largest absolute Gasteiger partial charge is 0.483 e. The van der Waals surface area contributed by atoms with Gasteiger partial charge in [0.1, 0.15) is 5.75 Å². The second-order valence-electron chi connectivity index (χ2n) is 4.88. The predicted octanol–water partition coefficient (Wildman–Crippen LogP) is 3.13. The molecule has 0 saturated carbocycles. The number of hydrogen-bond acceptors (Lipinski definition) is 3. The number of rotatable bonds is 6. The first-order valence-electron chi connectivity index (χ1n) is 7.10. The van der Waals surface area contributed by atoms with Crippen molar-refractivity contribution in [1.29, 1.82) is 0 Å². The van der Waals surface area contributed by atoms with Crippen LogP contribution in [-0.4, -0.2) is 18.4 Å². The second-order valence-corrected chi connectivity index (χ2v) is 5.80. The van der Waals surface area contributed by atoms with Crippen LogP contribution in [0.2, 0.25) is 0 Å². The summed E-state index contributed by atoms with van der Waals surface area (Å²) in [5.41, 5.74) is 7.16. The highest BCUT2D eigenvalue weighted by molar-refractivity contribution is 9.10. The van der Waals surface area contributed by atoms with Gasteiger partial charge in [-0.15, -0.1) is 0 Å². The predicted molar refractivity (Wildman–Crippen MR) is 92.6 cm³/mol. The minimum Gasteiger partial charge on any atom is -0.483 e. The molecule has 23 heavy (non-hydrogen) atoms. The van der Waals surface area contributed by atoms with Crippen molar-refractivity contribution in [3.8, 4) is 5.75 Å². The number of nitrogens with two attached hydrogens (primary N) is 1. The molecule has 0 spiro atoms. The molecule has 0 aliphatic heterocycles. The third kappa shape index (κ3) is 4.82. The first-order valence-corrected chi connectivity index (χ1v) is 7.90. The van der Waals surface area contributed by atoms with E-state index < -0.39 is 5.91 Å². The Bertz CT molecular complexity index is 714. The number of benzene rings is 2. The molecule has 0 atom stereocenters. The van der Waals surface area contributed by atoms with Crippen LogP contribution in [0.1, 0.15) is 22.8 Å². The van der Waals surface area contributed by atoms with Gasteiger partial charge in [0.2, 0.25) is 5.91 Å². The fourth-order valence-electron chi connectivity index (χ4n) is 2.02. The van der Waals surface area contributed by atoms with Gasteiger partial charge in [0.15, 0.2) is 6.61 Å². The lowest BCUT2D eigenvalue weighted by molar-refractivity contribution is -0.118. The van der Waals surface area contributed by atoms with E-state index in [-0.39, 0.29) is 12.5 Å². The van der Waals surface area contributed by atoms with E-state index >= 15 is 0 Å². The van der Waals surface area contributed by atoms with Gasteiger partial charge in [-0.25, -0.2) is 0 Å². The molecular formula is C17H17BrN2O3. The first kappa shape index (κ1) is 17.0. The molecule has 0 heterocycles. The van der Waals surface area contributed by atoms with E-state index in [1.54, 1.807) is 24.3 Å². The molecule has 0 aliphatic carbocycles. The molecule has 2 rings (SSSR count). The molecule has 0 fully saturated rings. The number of primary amides is 1. The Morgan fingerprint density at radius 1 is 1.17 bits per heavy atom. The van der Waals surface area contributed by atoms with Gasteiger partial charge in [0.25, 0.3) is 5.91 Å². The Balaban J connectivity index is 1.94. The van der Waals surface area contributed by atoms with E-state index in [1.165, 1.54) is 0 Å². The SMILES string of the molecule is CCc1cc(Br)ccc1OCC(=O)Nc1ccc(C(N)=O)cc1. The van der Waals surface area contributed by atoms with E-state index in [9.17, 15) is 9.59 Å². The Morgan fingerprint density at radius 2 is 1.87 bits per heavy atom. The third-order valence-corrected chi connectivity index (χ3v) is 3.71. The molecule has 0 aliphatic rings. The van der Waals surface area contributed by atoms with Gasteiger partial charge in [-0.05, 0) is 54.4 Å². The number of ether oxygens (including phenoxy) is 1. The summed E-state index contributed by atoms with van der Waals surface area (Å²) in [4.78, 5) is 22.9. The van der Waals surface area contributed by atoms with Crippen LogP contribution < -0.4 is 15.8 Å². The molecule has 2 amide bonds. The van der Waals surface area contributed by atoms with Crippen molar-refractivity contribution < 1.29 is 14.3 Å². The average Bonchev–Trinajstić information content (AvgIpc) is 2.54. The minimum atomic E-state index is -0.506. The monoisotopic (exact) mass is 376 g/mol. The summed E-state index contributed by atoms with van der Waals surface area (Å²) in [6.45, 7) is 1.93. The van der Waals surface area contributed by atoms with E-state index in [0.29, 0.717) is 17.0 Å². The molecular weight excluding hydrogens is 360 g/mol. The molecule has 3 N–H and O–H groups in total. The molecule has 6 heteroatoms. The van der Waals surface area contributed by atoms with Gasteiger partial charge in [-0.1, -0.05) is 22.9 Å². The molecule has 0 aromatic heterocycles. The lowest BCUT2D eigenvalue weighted by Gasteiger charge is -2.11. The minimum absolute atomic E-state index is 0.0911. The summed E-state index contributed by atoms with van der Waals surface area (Å²) in [5, 5.41) is 2.70. The van der Waals surface area contributed by atoms with Crippen LogP contribution in [0.25, 0.3) is 0 Å². The van der Waals surface area contributed by atoms with Crippen LogP contribution in [0.15, 0.2) is 46.9 Å². The van der Waals surface area contributed by atoms with Crippen LogP contribution in [-0.2, 0) is 11.2 Å². The van der Waals surface area contributed by atoms with Crippen molar-refractivity contribution in [2.45, 2.75) is 13.3 Å². The van der Waals surface area contributed by atoms with Crippen LogP contribution in [0.3, 0.4) is 0 Å². The van der Waals surface area contributed by atoms with Crippen LogP contribution in [0, 0.1) is 0 Å². The lowest BCUT2D eigenvalue weighted by atomic mass is 10.1. The maximum atomic E-state index is 11.9. The molecule has 5 nitrogen and oxygen atoms in total. The van der Waals surface area contributed by atoms with E-state index in [4.69, 9.17) is 10.5 Å². The van der Waals surface area contributed by atoms with E-state index in [1.807, 2.05) is 25.1 Å². The zero-order valence-corrected chi connectivity index (χ0v) is 14.2. The topological polar surface area (TPSA) is 81.4 Å². The molecule has 0 bridgehead atoms. The van der Waals surface area contributed by atoms with E-state index in [0.717, 1.165) is 16.5 Å². The first-order chi connectivity index (χ1) is 11.0. The average molecular weight is 377 g/mol. The molecule has 2 aromatic rings. The van der Waals surface area contributed by atoms with Crippen molar-refractivity contribution in [1.82, 2.24) is 0 Å². The van der Waals surface area contributed by atoms with Gasteiger partial charge in [0.05, 0.1) is 0 Å². The maximum Gasteiger partial charge on any atom is 0.262 e. The summed E-state index contributed by atoms with van der Waals surface area (Å²) in [6, 6.07) is 12.0. The van der Waals surface area contributed by atoms with Crippen molar-refractivity contribution >= 4 is 33.4 Å². The van der Waals surface area contributed by atoms with Crippen molar-refractivity contribution in [3.63, 3.8) is 0 Å². The van der Waals surface area contributed by atoms with Gasteiger partial charge in [-0.3, -0.25) is 9.59 Å². The van der Waals surface area contributed by atoms with Gasteiger partial charge in [0, 0.05) is 15.7 Å². The Labute approximate surface area is 143 Å². The number of amides is 2. The Hall–Kier alpha value is -2.34. The third-order valence-electron chi connectivity index (χ3n) is 3.22. The highest BCUT2D eigenvalue weighted by Crippen LogP contribution is 2.23. The van der Waals surface area contributed by atoms with Crippen molar-refractivity contribution in [2.75, 3.05) is 11.9 Å². The second kappa shape index (κ2) is 7.78. The normalized spacial score (nSPS) is 10.2. The number of nitrogens with one attached hydrogen (secondary N) is 1. The zero-order chi connectivity index (χ0) is 16.8. The summed E-state index contributed by atoms with van der Waals surface area (Å²) in [6.07, 6.45) is 0.810. The van der Waals surface area contributed by atoms with E-state index in [2.05, 4.69) is 21.2 Å². The van der Waals surface area contributed by atoms with Crippen LogP contribution in [0.5, 0.6) is 5.75 Å². The van der Waals surface area contributed by atoms with Crippen molar-refractivity contribution in [3.05, 3.63) is 58.1 Å². The summed E-state index contributed by atoms with van der Waals surface area (Å²) in [5.74, 6) is -0.0923. The number of carbonyl (C=O) groups is 2. The number of anilines is 1. The highest BCUT2D eigenvalue weighted by Gasteiger charge is 2.08. The quantitative estimate of drug-likeness (QED) is 0.812. The fraction of sp³-hybridized carbons (Fsp3) is 0.176. The van der Waals surface area contributed by atoms with Gasteiger partial charge < -0.3 is 15.8 Å². The van der Waals surface area contributed by atoms with Crippen LogP contribution >= 0.6 is 15.9 Å². The smallest absolute Gasteiger partial charge is 0.262 e. The standard InChI is InChI=1S/C17H17BrN2O3/c1-2-11-9-13(18)5-8-15(11)23-10-16(21)20-14-6-3-12(4-7-14)17(19)22/h3-9H,2,10H2,1H3,(H2,19,22)(H,20,21). The number of halogens is 1. The Kier molecular flexibility index (Phi) is 5.76. The lowest BCUT2D eigenvalue weighted by Crippen LogP contribution is -2.20.